The van der Waals surface area contributed by atoms with E-state index in [2.05, 4.69) is 14.9 Å². The topological polar surface area (TPSA) is 46.9 Å². The Morgan fingerprint density at radius 1 is 1.56 bits per heavy atom. The van der Waals surface area contributed by atoms with E-state index in [1.54, 1.807) is 6.92 Å². The quantitative estimate of drug-likeness (QED) is 0.862. The molecule has 88 valence electrons. The van der Waals surface area contributed by atoms with Gasteiger partial charge >= 0.3 is 0 Å². The molecule has 1 aliphatic heterocycles. The Kier molecular flexibility index (Phi) is 3.66. The van der Waals surface area contributed by atoms with E-state index >= 15 is 0 Å². The molecule has 1 aromatic rings. The molecule has 0 saturated carbocycles. The summed E-state index contributed by atoms with van der Waals surface area (Å²) >= 11 is 1.42. The lowest BCUT2D eigenvalue weighted by atomic mass is 9.90. The van der Waals surface area contributed by atoms with Crippen LogP contribution in [0.2, 0.25) is 0 Å². The third kappa shape index (κ3) is 2.47. The number of thioether (sulfide) groups is 1. The van der Waals surface area contributed by atoms with Crippen molar-refractivity contribution in [3.8, 4) is 0 Å². The Labute approximate surface area is 99.8 Å². The van der Waals surface area contributed by atoms with Gasteiger partial charge in [-0.3, -0.25) is 4.79 Å². The van der Waals surface area contributed by atoms with Crippen LogP contribution in [-0.4, -0.2) is 33.5 Å². The molecule has 0 spiro atoms. The second-order valence-electron chi connectivity index (χ2n) is 4.22. The van der Waals surface area contributed by atoms with Gasteiger partial charge in [0.2, 0.25) is 0 Å². The van der Waals surface area contributed by atoms with E-state index in [1.165, 1.54) is 11.8 Å². The molecule has 1 aliphatic rings. The van der Waals surface area contributed by atoms with Gasteiger partial charge in [-0.1, -0.05) is 11.8 Å². The van der Waals surface area contributed by atoms with Crippen LogP contribution in [0, 0.1) is 0 Å². The lowest BCUT2D eigenvalue weighted by molar-refractivity contribution is -0.109. The molecule has 1 saturated heterocycles. The monoisotopic (exact) mass is 239 g/mol. The van der Waals surface area contributed by atoms with Crippen LogP contribution in [0.1, 0.15) is 19.8 Å². The van der Waals surface area contributed by atoms with Crippen LogP contribution in [0.4, 0.5) is 0 Å². The Morgan fingerprint density at radius 3 is 2.88 bits per heavy atom. The first-order chi connectivity index (χ1) is 7.73. The molecule has 1 N–H and O–H groups in total. The van der Waals surface area contributed by atoms with Crippen molar-refractivity contribution >= 4 is 16.9 Å². The maximum Gasteiger partial charge on any atom is 0.185 e. The number of rotatable bonds is 3. The van der Waals surface area contributed by atoms with Gasteiger partial charge in [0.25, 0.3) is 0 Å². The van der Waals surface area contributed by atoms with Crippen LogP contribution < -0.4 is 5.32 Å². The molecule has 2 heterocycles. The summed E-state index contributed by atoms with van der Waals surface area (Å²) in [7, 11) is 0. The second kappa shape index (κ2) is 5.01. The molecule has 16 heavy (non-hydrogen) atoms. The van der Waals surface area contributed by atoms with Crippen molar-refractivity contribution in [2.75, 3.05) is 18.8 Å². The van der Waals surface area contributed by atoms with E-state index < -0.39 is 0 Å². The molecule has 0 aliphatic carbocycles. The summed E-state index contributed by atoms with van der Waals surface area (Å²) in [6.45, 7) is 3.65. The molecule has 0 atom stereocenters. The zero-order valence-corrected chi connectivity index (χ0v) is 10.3. The normalized spacial score (nSPS) is 19.6. The molecular formula is C11H17N3OS. The number of hydrogen-bond donors (Lipinski definition) is 1. The molecule has 1 fully saturated rings. The summed E-state index contributed by atoms with van der Waals surface area (Å²) in [6.07, 6.45) is 7.80. The summed E-state index contributed by atoms with van der Waals surface area (Å²) in [4.78, 5) is 15.2. The highest BCUT2D eigenvalue weighted by Crippen LogP contribution is 2.31. The van der Waals surface area contributed by atoms with Gasteiger partial charge in [0, 0.05) is 25.1 Å². The van der Waals surface area contributed by atoms with Gasteiger partial charge in [-0.15, -0.1) is 0 Å². The maximum absolute atomic E-state index is 11.1. The lowest BCUT2D eigenvalue weighted by Gasteiger charge is -2.38. The number of nitrogens with one attached hydrogen (secondary N) is 1. The van der Waals surface area contributed by atoms with E-state index in [-0.39, 0.29) is 10.7 Å². The lowest BCUT2D eigenvalue weighted by Crippen LogP contribution is -2.45. The van der Waals surface area contributed by atoms with Gasteiger partial charge in [-0.25, -0.2) is 4.98 Å². The Hall–Kier alpha value is -0.810. The first-order valence-electron chi connectivity index (χ1n) is 5.55. The number of imidazole rings is 1. The van der Waals surface area contributed by atoms with Crippen molar-refractivity contribution in [1.29, 1.82) is 0 Å². The number of carbonyl (C=O) groups is 1. The average Bonchev–Trinajstić information content (AvgIpc) is 2.82. The third-order valence-corrected chi connectivity index (χ3v) is 4.22. The van der Waals surface area contributed by atoms with Gasteiger partial charge in [-0.2, -0.15) is 0 Å². The highest BCUT2D eigenvalue weighted by molar-refractivity contribution is 8.13. The van der Waals surface area contributed by atoms with Crippen LogP contribution >= 0.6 is 11.8 Å². The van der Waals surface area contributed by atoms with Crippen molar-refractivity contribution in [2.24, 2.45) is 0 Å². The molecule has 0 bridgehead atoms. The minimum Gasteiger partial charge on any atom is -0.330 e. The molecule has 2 rings (SSSR count). The fourth-order valence-corrected chi connectivity index (χ4v) is 3.05. The Morgan fingerprint density at radius 2 is 2.31 bits per heavy atom. The average molecular weight is 239 g/mol. The zero-order valence-electron chi connectivity index (χ0n) is 9.48. The maximum atomic E-state index is 11.1. The van der Waals surface area contributed by atoms with Crippen LogP contribution in [0.15, 0.2) is 18.7 Å². The van der Waals surface area contributed by atoms with Crippen molar-refractivity contribution in [2.45, 2.75) is 25.3 Å². The van der Waals surface area contributed by atoms with Crippen LogP contribution in [0.3, 0.4) is 0 Å². The fourth-order valence-electron chi connectivity index (χ4n) is 2.14. The van der Waals surface area contributed by atoms with Crippen LogP contribution in [0.5, 0.6) is 0 Å². The van der Waals surface area contributed by atoms with Gasteiger partial charge < -0.3 is 9.88 Å². The van der Waals surface area contributed by atoms with E-state index in [1.807, 2.05) is 18.7 Å². The van der Waals surface area contributed by atoms with E-state index in [9.17, 15) is 4.79 Å². The van der Waals surface area contributed by atoms with Crippen LogP contribution in [-0.2, 0) is 10.3 Å². The van der Waals surface area contributed by atoms with Gasteiger partial charge in [0.1, 0.15) is 0 Å². The van der Waals surface area contributed by atoms with Gasteiger partial charge in [0.05, 0.1) is 11.9 Å². The van der Waals surface area contributed by atoms with Crippen molar-refractivity contribution < 1.29 is 4.79 Å². The Balaban J connectivity index is 2.15. The molecular weight excluding hydrogens is 222 g/mol. The van der Waals surface area contributed by atoms with Crippen molar-refractivity contribution in [3.05, 3.63) is 18.7 Å². The third-order valence-electron chi connectivity index (χ3n) is 3.13. The minimum atomic E-state index is 0.0675. The molecule has 5 heteroatoms. The zero-order chi connectivity index (χ0) is 11.4. The highest BCUT2D eigenvalue weighted by Gasteiger charge is 2.33. The number of nitrogens with zero attached hydrogens (tertiary/aromatic N) is 2. The largest absolute Gasteiger partial charge is 0.330 e. The molecule has 4 nitrogen and oxygen atoms in total. The highest BCUT2D eigenvalue weighted by atomic mass is 32.2. The SMILES string of the molecule is CC(=O)SCC1(n2ccnc2)CCNCC1. The predicted octanol–water partition coefficient (Wildman–Crippen LogP) is 1.24. The first-order valence-corrected chi connectivity index (χ1v) is 6.54. The predicted molar refractivity (Wildman–Crippen MR) is 65.4 cm³/mol. The van der Waals surface area contributed by atoms with E-state index in [0.717, 1.165) is 31.7 Å². The Bertz CT molecular complexity index is 344. The summed E-state index contributed by atoms with van der Waals surface area (Å²) in [5.74, 6) is 0.848. The van der Waals surface area contributed by atoms with Crippen molar-refractivity contribution in [1.82, 2.24) is 14.9 Å². The second-order valence-corrected chi connectivity index (χ2v) is 5.38. The van der Waals surface area contributed by atoms with E-state index in [4.69, 9.17) is 0 Å². The minimum absolute atomic E-state index is 0.0675. The fraction of sp³-hybridized carbons (Fsp3) is 0.636. The van der Waals surface area contributed by atoms with Gasteiger partial charge in [0.15, 0.2) is 5.12 Å². The number of aromatic nitrogens is 2. The van der Waals surface area contributed by atoms with Crippen LogP contribution in [0.25, 0.3) is 0 Å². The summed E-state index contributed by atoms with van der Waals surface area (Å²) in [5.41, 5.74) is 0.0675. The number of carbonyl (C=O) groups excluding carboxylic acids is 1. The summed E-state index contributed by atoms with van der Waals surface area (Å²) in [5, 5.41) is 3.55. The smallest absolute Gasteiger partial charge is 0.185 e. The summed E-state index contributed by atoms with van der Waals surface area (Å²) < 4.78 is 2.17. The number of piperidine rings is 1. The summed E-state index contributed by atoms with van der Waals surface area (Å²) in [6, 6.07) is 0. The molecule has 0 aromatic carbocycles. The molecule has 0 unspecified atom stereocenters. The van der Waals surface area contributed by atoms with Crippen molar-refractivity contribution in [3.63, 3.8) is 0 Å². The molecule has 1 aromatic heterocycles. The standard InChI is InChI=1S/C11H17N3OS/c1-10(15)16-8-11(2-4-12-5-3-11)14-7-6-13-9-14/h6-7,9,12H,2-5,8H2,1H3. The van der Waals surface area contributed by atoms with E-state index in [0.29, 0.717) is 0 Å². The molecule has 0 radical (unpaired) electrons. The first kappa shape index (κ1) is 11.7. The van der Waals surface area contributed by atoms with Gasteiger partial charge in [-0.05, 0) is 25.9 Å². The molecule has 0 amide bonds. The number of hydrogen-bond acceptors (Lipinski definition) is 4.